The van der Waals surface area contributed by atoms with Crippen molar-refractivity contribution in [1.82, 2.24) is 14.8 Å². The third-order valence-electron chi connectivity index (χ3n) is 4.89. The summed E-state index contributed by atoms with van der Waals surface area (Å²) in [5.74, 6) is 0.725. The number of aromatic nitrogens is 3. The lowest BCUT2D eigenvalue weighted by Gasteiger charge is -2.28. The summed E-state index contributed by atoms with van der Waals surface area (Å²) in [5, 5.41) is 6.71. The van der Waals surface area contributed by atoms with Crippen LogP contribution < -0.4 is 4.74 Å². The maximum Gasteiger partial charge on any atom is 0.150 e. The number of benzene rings is 1. The fraction of sp³-hybridized carbons (Fsp3) is 0.400. The van der Waals surface area contributed by atoms with Gasteiger partial charge >= 0.3 is 0 Å². The molecule has 4 rings (SSSR count). The third kappa shape index (κ3) is 3.84. The number of ether oxygens (including phenoxy) is 2. The SMILES string of the molecule is CC(C)(Oc1ccc2c(c1)c(I)nn2C1CCCCO1)c1c(Cl)cncc1Cl. The zero-order valence-corrected chi connectivity index (χ0v) is 19.3. The van der Waals surface area contributed by atoms with E-state index in [-0.39, 0.29) is 6.23 Å². The van der Waals surface area contributed by atoms with Crippen molar-refractivity contribution in [3.8, 4) is 5.75 Å². The number of hydrogen-bond donors (Lipinski definition) is 0. The highest BCUT2D eigenvalue weighted by Gasteiger charge is 2.29. The Balaban J connectivity index is 1.67. The highest BCUT2D eigenvalue weighted by Crippen LogP contribution is 2.38. The van der Waals surface area contributed by atoms with E-state index in [1.165, 1.54) is 0 Å². The Labute approximate surface area is 187 Å². The number of halogens is 3. The number of rotatable bonds is 4. The third-order valence-corrected chi connectivity index (χ3v) is 6.26. The smallest absolute Gasteiger partial charge is 0.150 e. The minimum absolute atomic E-state index is 0.00240. The van der Waals surface area contributed by atoms with Crippen LogP contribution in [-0.2, 0) is 10.3 Å². The molecule has 1 aliphatic rings. The number of hydrogen-bond acceptors (Lipinski definition) is 4. The van der Waals surface area contributed by atoms with E-state index in [1.54, 1.807) is 12.4 Å². The topological polar surface area (TPSA) is 49.2 Å². The summed E-state index contributed by atoms with van der Waals surface area (Å²) in [6.45, 7) is 4.66. The van der Waals surface area contributed by atoms with Crippen LogP contribution in [-0.4, -0.2) is 21.4 Å². The Kier molecular flexibility index (Phi) is 5.75. The van der Waals surface area contributed by atoms with E-state index >= 15 is 0 Å². The monoisotopic (exact) mass is 531 g/mol. The van der Waals surface area contributed by atoms with Crippen molar-refractivity contribution in [2.45, 2.75) is 44.9 Å². The predicted octanol–water partition coefficient (Wildman–Crippen LogP) is 6.36. The quantitative estimate of drug-likeness (QED) is 0.368. The van der Waals surface area contributed by atoms with E-state index in [9.17, 15) is 0 Å². The first-order chi connectivity index (χ1) is 13.4. The molecule has 0 spiro atoms. The van der Waals surface area contributed by atoms with Gasteiger partial charge in [-0.2, -0.15) is 5.10 Å². The summed E-state index contributed by atoms with van der Waals surface area (Å²) >= 11 is 14.9. The molecule has 8 heteroatoms. The van der Waals surface area contributed by atoms with Gasteiger partial charge in [0.25, 0.3) is 0 Å². The van der Waals surface area contributed by atoms with Crippen molar-refractivity contribution in [2.24, 2.45) is 0 Å². The lowest BCUT2D eigenvalue weighted by atomic mass is 9.99. The number of nitrogens with zero attached hydrogens (tertiary/aromatic N) is 3. The van der Waals surface area contributed by atoms with E-state index < -0.39 is 5.60 Å². The average Bonchev–Trinajstić information content (AvgIpc) is 2.98. The van der Waals surface area contributed by atoms with Crippen molar-refractivity contribution >= 4 is 56.7 Å². The first-order valence-electron chi connectivity index (χ1n) is 9.15. The Bertz CT molecular complexity index is 996. The first kappa shape index (κ1) is 20.2. The molecular formula is C20H20Cl2IN3O2. The second-order valence-electron chi connectivity index (χ2n) is 7.33. The molecule has 1 aliphatic heterocycles. The molecule has 2 aromatic heterocycles. The standard InChI is InChI=1S/C20H20Cl2IN3O2/c1-20(2,18-14(21)10-24-11-15(18)22)28-12-6-7-16-13(9-12)19(23)25-26(16)17-5-3-4-8-27-17/h6-7,9-11,17H,3-5,8H2,1-2H3. The molecule has 1 fully saturated rings. The van der Waals surface area contributed by atoms with E-state index in [0.717, 1.165) is 46.2 Å². The van der Waals surface area contributed by atoms with Gasteiger partial charge in [0, 0.05) is 30.0 Å². The Hall–Kier alpha value is -1.09. The summed E-state index contributed by atoms with van der Waals surface area (Å²) < 4.78 is 15.1. The molecule has 1 aromatic carbocycles. The molecule has 3 heterocycles. The lowest BCUT2D eigenvalue weighted by molar-refractivity contribution is -0.0368. The minimum Gasteiger partial charge on any atom is -0.483 e. The van der Waals surface area contributed by atoms with Gasteiger partial charge < -0.3 is 9.47 Å². The van der Waals surface area contributed by atoms with Crippen molar-refractivity contribution in [1.29, 1.82) is 0 Å². The van der Waals surface area contributed by atoms with Crippen molar-refractivity contribution in [3.63, 3.8) is 0 Å². The largest absolute Gasteiger partial charge is 0.483 e. The van der Waals surface area contributed by atoms with Crippen LogP contribution in [0.3, 0.4) is 0 Å². The van der Waals surface area contributed by atoms with Crippen LogP contribution in [0.15, 0.2) is 30.6 Å². The Morgan fingerprint density at radius 1 is 1.21 bits per heavy atom. The zero-order chi connectivity index (χ0) is 19.9. The van der Waals surface area contributed by atoms with Crippen LogP contribution >= 0.6 is 45.8 Å². The van der Waals surface area contributed by atoms with Gasteiger partial charge in [0.05, 0.1) is 15.6 Å². The van der Waals surface area contributed by atoms with Crippen LogP contribution in [0.25, 0.3) is 10.9 Å². The fourth-order valence-electron chi connectivity index (χ4n) is 3.61. The lowest BCUT2D eigenvalue weighted by Crippen LogP contribution is -2.26. The van der Waals surface area contributed by atoms with Gasteiger partial charge in [-0.3, -0.25) is 4.98 Å². The molecule has 1 saturated heterocycles. The van der Waals surface area contributed by atoms with E-state index in [2.05, 4.69) is 27.6 Å². The molecule has 28 heavy (non-hydrogen) atoms. The highest BCUT2D eigenvalue weighted by atomic mass is 127. The molecule has 1 atom stereocenters. The molecule has 1 unspecified atom stereocenters. The van der Waals surface area contributed by atoms with E-state index in [0.29, 0.717) is 15.6 Å². The molecule has 0 amide bonds. The molecule has 3 aromatic rings. The fourth-order valence-corrected chi connectivity index (χ4v) is 5.10. The minimum atomic E-state index is -0.724. The first-order valence-corrected chi connectivity index (χ1v) is 11.0. The maximum atomic E-state index is 6.33. The van der Waals surface area contributed by atoms with Gasteiger partial charge in [0.1, 0.15) is 15.1 Å². The van der Waals surface area contributed by atoms with Crippen molar-refractivity contribution in [2.75, 3.05) is 6.61 Å². The van der Waals surface area contributed by atoms with Gasteiger partial charge in [0.2, 0.25) is 0 Å². The molecule has 0 radical (unpaired) electrons. The van der Waals surface area contributed by atoms with Crippen LogP contribution in [0.2, 0.25) is 10.0 Å². The normalized spacial score (nSPS) is 17.8. The molecule has 0 N–H and O–H groups in total. The van der Waals surface area contributed by atoms with Gasteiger partial charge in [-0.1, -0.05) is 23.2 Å². The Morgan fingerprint density at radius 3 is 2.64 bits per heavy atom. The predicted molar refractivity (Wildman–Crippen MR) is 119 cm³/mol. The Morgan fingerprint density at radius 2 is 1.96 bits per heavy atom. The van der Waals surface area contributed by atoms with Crippen molar-refractivity contribution in [3.05, 3.63) is 49.9 Å². The average molecular weight is 532 g/mol. The summed E-state index contributed by atoms with van der Waals surface area (Å²) in [5.41, 5.74) is 1.03. The molecular weight excluding hydrogens is 512 g/mol. The number of fused-ring (bicyclic) bond motifs is 1. The molecule has 0 aliphatic carbocycles. The van der Waals surface area contributed by atoms with Gasteiger partial charge in [-0.05, 0) is 73.9 Å². The summed E-state index contributed by atoms with van der Waals surface area (Å²) in [4.78, 5) is 4.02. The van der Waals surface area contributed by atoms with Gasteiger partial charge in [0.15, 0.2) is 6.23 Å². The van der Waals surface area contributed by atoms with E-state index in [4.69, 9.17) is 37.8 Å². The van der Waals surface area contributed by atoms with Crippen LogP contribution in [0.4, 0.5) is 0 Å². The molecule has 0 bridgehead atoms. The highest BCUT2D eigenvalue weighted by molar-refractivity contribution is 14.1. The molecule has 148 valence electrons. The number of pyridine rings is 1. The van der Waals surface area contributed by atoms with E-state index in [1.807, 2.05) is 36.7 Å². The zero-order valence-electron chi connectivity index (χ0n) is 15.6. The summed E-state index contributed by atoms with van der Waals surface area (Å²) in [6.07, 6.45) is 6.41. The van der Waals surface area contributed by atoms with Gasteiger partial charge in [-0.25, -0.2) is 4.68 Å². The second kappa shape index (κ2) is 7.97. The maximum absolute atomic E-state index is 6.33. The molecule has 0 saturated carbocycles. The van der Waals surface area contributed by atoms with Crippen molar-refractivity contribution < 1.29 is 9.47 Å². The van der Waals surface area contributed by atoms with Crippen LogP contribution in [0.1, 0.15) is 44.9 Å². The van der Waals surface area contributed by atoms with Crippen LogP contribution in [0.5, 0.6) is 5.75 Å². The summed E-state index contributed by atoms with van der Waals surface area (Å²) in [6, 6.07) is 5.99. The molecule has 5 nitrogen and oxygen atoms in total. The van der Waals surface area contributed by atoms with Gasteiger partial charge in [-0.15, -0.1) is 0 Å². The summed E-state index contributed by atoms with van der Waals surface area (Å²) in [7, 11) is 0. The van der Waals surface area contributed by atoms with Crippen LogP contribution in [0, 0.1) is 3.70 Å². The second-order valence-corrected chi connectivity index (χ2v) is 9.16.